The number of hydrogen-bond donors (Lipinski definition) is 1. The molecular weight excluding hydrogens is 416 g/mol. The van der Waals surface area contributed by atoms with Crippen molar-refractivity contribution < 1.29 is 18.3 Å². The Hall–Kier alpha value is -3.23. The zero-order valence-corrected chi connectivity index (χ0v) is 17.6. The lowest BCUT2D eigenvalue weighted by Gasteiger charge is -2.42. The Labute approximate surface area is 183 Å². The molecule has 3 aliphatic rings. The molecular formula is C23H23F2N5O2. The highest BCUT2D eigenvalue weighted by Crippen LogP contribution is 2.42. The molecule has 1 N–H and O–H groups in total. The van der Waals surface area contributed by atoms with E-state index in [9.17, 15) is 13.6 Å². The quantitative estimate of drug-likeness (QED) is 0.675. The minimum atomic E-state index is -0.967. The van der Waals surface area contributed by atoms with Gasteiger partial charge in [0.2, 0.25) is 5.91 Å². The van der Waals surface area contributed by atoms with Crippen molar-refractivity contribution in [2.24, 2.45) is 5.92 Å². The maximum atomic E-state index is 14.8. The molecule has 1 saturated carbocycles. The first kappa shape index (κ1) is 19.5. The Morgan fingerprint density at radius 3 is 2.59 bits per heavy atom. The van der Waals surface area contributed by atoms with Gasteiger partial charge >= 0.3 is 0 Å². The van der Waals surface area contributed by atoms with Gasteiger partial charge in [0.15, 0.2) is 5.82 Å². The van der Waals surface area contributed by atoms with Gasteiger partial charge < -0.3 is 19.5 Å². The Kier molecular flexibility index (Phi) is 4.34. The molecule has 0 radical (unpaired) electrons. The number of H-pyrrole nitrogens is 1. The Balaban J connectivity index is 1.32. The zero-order valence-electron chi connectivity index (χ0n) is 17.6. The topological polar surface area (TPSA) is 74.3 Å². The van der Waals surface area contributed by atoms with Gasteiger partial charge in [-0.25, -0.2) is 18.7 Å². The fourth-order valence-corrected chi connectivity index (χ4v) is 5.28. The second-order valence-corrected chi connectivity index (χ2v) is 8.85. The average Bonchev–Trinajstić information content (AvgIpc) is 3.27. The first-order valence-corrected chi connectivity index (χ1v) is 10.9. The van der Waals surface area contributed by atoms with E-state index in [2.05, 4.69) is 19.9 Å². The maximum absolute atomic E-state index is 14.8. The van der Waals surface area contributed by atoms with Crippen molar-refractivity contribution in [2.75, 3.05) is 25.1 Å². The van der Waals surface area contributed by atoms with Gasteiger partial charge in [-0.15, -0.1) is 0 Å². The Morgan fingerprint density at radius 1 is 1.19 bits per heavy atom. The number of nitrogens with one attached hydrogen (secondary N) is 1. The summed E-state index contributed by atoms with van der Waals surface area (Å²) in [7, 11) is 1.38. The largest absolute Gasteiger partial charge is 0.479 e. The van der Waals surface area contributed by atoms with Crippen LogP contribution in [-0.2, 0) is 4.79 Å². The molecule has 3 aromatic rings. The molecule has 2 bridgehead atoms. The van der Waals surface area contributed by atoms with Crippen molar-refractivity contribution in [1.29, 1.82) is 0 Å². The van der Waals surface area contributed by atoms with Crippen molar-refractivity contribution in [1.82, 2.24) is 19.9 Å². The predicted octanol–water partition coefficient (Wildman–Crippen LogP) is 3.31. The van der Waals surface area contributed by atoms with Crippen LogP contribution >= 0.6 is 0 Å². The van der Waals surface area contributed by atoms with Gasteiger partial charge in [-0.05, 0) is 37.5 Å². The SMILES string of the molecule is COc1nccc(-c2cc3c(N4CC5CCC(C4)N5C(=O)[C@@H]4C[C@H]4F)ccnc3[nH]2)c1F. The molecule has 0 spiro atoms. The average molecular weight is 439 g/mol. The Bertz CT molecular complexity index is 1200. The van der Waals surface area contributed by atoms with Crippen LogP contribution in [0.4, 0.5) is 14.5 Å². The minimum Gasteiger partial charge on any atom is -0.479 e. The van der Waals surface area contributed by atoms with Gasteiger partial charge in [0.25, 0.3) is 5.88 Å². The van der Waals surface area contributed by atoms with Crippen LogP contribution in [0.25, 0.3) is 22.3 Å². The molecule has 6 rings (SSSR count). The van der Waals surface area contributed by atoms with Crippen molar-refractivity contribution in [2.45, 2.75) is 37.5 Å². The number of anilines is 1. The molecule has 2 saturated heterocycles. The summed E-state index contributed by atoms with van der Waals surface area (Å²) in [6, 6.07) is 5.64. The van der Waals surface area contributed by atoms with Crippen LogP contribution < -0.4 is 9.64 Å². The van der Waals surface area contributed by atoms with Crippen molar-refractivity contribution in [3.8, 4) is 17.1 Å². The number of amides is 1. The predicted molar refractivity (Wildman–Crippen MR) is 115 cm³/mol. The van der Waals surface area contributed by atoms with E-state index < -0.39 is 17.9 Å². The van der Waals surface area contributed by atoms with Crippen molar-refractivity contribution >= 4 is 22.6 Å². The lowest BCUT2D eigenvalue weighted by atomic mass is 10.1. The molecule has 166 valence electrons. The van der Waals surface area contributed by atoms with E-state index >= 15 is 0 Å². The van der Waals surface area contributed by atoms with Gasteiger partial charge in [0.05, 0.1) is 18.7 Å². The molecule has 5 heterocycles. The monoisotopic (exact) mass is 439 g/mol. The van der Waals surface area contributed by atoms with Crippen LogP contribution in [0.1, 0.15) is 19.3 Å². The number of carbonyl (C=O) groups is 1. The summed E-state index contributed by atoms with van der Waals surface area (Å²) in [4.78, 5) is 28.5. The summed E-state index contributed by atoms with van der Waals surface area (Å²) < 4.78 is 33.3. The number of hydrogen-bond acceptors (Lipinski definition) is 5. The number of alkyl halides is 1. The summed E-state index contributed by atoms with van der Waals surface area (Å²) in [5, 5.41) is 0.892. The lowest BCUT2D eigenvalue weighted by molar-refractivity contribution is -0.136. The summed E-state index contributed by atoms with van der Waals surface area (Å²) in [5.74, 6) is -1.04. The fraction of sp³-hybridized carbons (Fsp3) is 0.435. The van der Waals surface area contributed by atoms with Gasteiger partial charge in [0.1, 0.15) is 11.8 Å². The summed E-state index contributed by atoms with van der Waals surface area (Å²) in [5.41, 5.74) is 2.62. The highest BCUT2D eigenvalue weighted by molar-refractivity contribution is 5.94. The zero-order chi connectivity index (χ0) is 22.0. The number of aromatic amines is 1. The van der Waals surface area contributed by atoms with Crippen LogP contribution in [-0.4, -0.2) is 64.2 Å². The number of nitrogens with zero attached hydrogens (tertiary/aromatic N) is 4. The number of fused-ring (bicyclic) bond motifs is 3. The normalized spacial score (nSPS) is 26.6. The number of aromatic nitrogens is 3. The van der Waals surface area contributed by atoms with Crippen LogP contribution in [0, 0.1) is 11.7 Å². The molecule has 2 aliphatic heterocycles. The van der Waals surface area contributed by atoms with Crippen molar-refractivity contribution in [3.05, 3.63) is 36.4 Å². The third kappa shape index (κ3) is 2.94. The number of ether oxygens (including phenoxy) is 1. The lowest BCUT2D eigenvalue weighted by Crippen LogP contribution is -2.56. The molecule has 0 aromatic carbocycles. The second kappa shape index (κ2) is 7.15. The van der Waals surface area contributed by atoms with E-state index in [0.717, 1.165) is 23.9 Å². The van der Waals surface area contributed by atoms with E-state index in [1.54, 1.807) is 12.3 Å². The highest BCUT2D eigenvalue weighted by atomic mass is 19.1. The fourth-order valence-electron chi connectivity index (χ4n) is 5.28. The van der Waals surface area contributed by atoms with E-state index in [4.69, 9.17) is 4.74 Å². The van der Waals surface area contributed by atoms with Gasteiger partial charge in [0, 0.05) is 54.2 Å². The van der Waals surface area contributed by atoms with E-state index in [1.807, 2.05) is 17.0 Å². The molecule has 4 atom stereocenters. The van der Waals surface area contributed by atoms with E-state index in [0.29, 0.717) is 36.4 Å². The van der Waals surface area contributed by atoms with E-state index in [1.165, 1.54) is 13.3 Å². The first-order valence-electron chi connectivity index (χ1n) is 10.9. The summed E-state index contributed by atoms with van der Waals surface area (Å²) in [6.07, 6.45) is 4.51. The summed E-state index contributed by atoms with van der Waals surface area (Å²) >= 11 is 0. The number of methoxy groups -OCH3 is 1. The number of rotatable bonds is 4. The first-order chi connectivity index (χ1) is 15.5. The standard InChI is InChI=1S/C23H23F2N5O2/c1-32-22-20(25)14(4-6-27-22)18-9-16-19(5-7-26-21(16)28-18)29-10-12-2-3-13(11-29)30(12)23(31)15-8-17(15)24/h4-7,9,12-13,15,17H,2-3,8,10-11H2,1H3,(H,26,28)/t12?,13?,15-,17-/m1/s1. The molecule has 1 aliphatic carbocycles. The van der Waals surface area contributed by atoms with Crippen LogP contribution in [0.2, 0.25) is 0 Å². The van der Waals surface area contributed by atoms with Crippen LogP contribution in [0.3, 0.4) is 0 Å². The summed E-state index contributed by atoms with van der Waals surface area (Å²) in [6.45, 7) is 1.39. The van der Waals surface area contributed by atoms with E-state index in [-0.39, 0.29) is 23.9 Å². The molecule has 3 aromatic heterocycles. The van der Waals surface area contributed by atoms with Crippen LogP contribution in [0.5, 0.6) is 5.88 Å². The number of pyridine rings is 2. The molecule has 9 heteroatoms. The minimum absolute atomic E-state index is 0.0180. The molecule has 7 nitrogen and oxygen atoms in total. The van der Waals surface area contributed by atoms with Gasteiger partial charge in [-0.2, -0.15) is 0 Å². The molecule has 2 unspecified atom stereocenters. The Morgan fingerprint density at radius 2 is 1.91 bits per heavy atom. The third-order valence-corrected chi connectivity index (χ3v) is 6.96. The number of carbonyl (C=O) groups excluding carboxylic acids is 1. The molecule has 1 amide bonds. The molecule has 3 fully saturated rings. The molecule has 32 heavy (non-hydrogen) atoms. The number of piperazine rings is 1. The maximum Gasteiger partial charge on any atom is 0.250 e. The van der Waals surface area contributed by atoms with Crippen LogP contribution in [0.15, 0.2) is 30.6 Å². The van der Waals surface area contributed by atoms with Gasteiger partial charge in [-0.1, -0.05) is 0 Å². The smallest absolute Gasteiger partial charge is 0.250 e. The van der Waals surface area contributed by atoms with Crippen molar-refractivity contribution in [3.63, 3.8) is 0 Å². The highest BCUT2D eigenvalue weighted by Gasteiger charge is 2.51. The van der Waals surface area contributed by atoms with Gasteiger partial charge in [-0.3, -0.25) is 4.79 Å². The second-order valence-electron chi connectivity index (χ2n) is 8.85. The number of halogens is 2. The third-order valence-electron chi connectivity index (χ3n) is 6.96.